The van der Waals surface area contributed by atoms with Gasteiger partial charge in [0.1, 0.15) is 24.2 Å². The van der Waals surface area contributed by atoms with Crippen molar-refractivity contribution in [1.29, 1.82) is 0 Å². The number of nitrogens with one attached hydrogen (secondary N) is 1. The van der Waals surface area contributed by atoms with E-state index in [1.54, 1.807) is 6.33 Å². The fraction of sp³-hybridized carbons (Fsp3) is 0.0833. The van der Waals surface area contributed by atoms with Crippen molar-refractivity contribution in [1.82, 2.24) is 14.8 Å². The molecular formula is C24H15Br2ClN4O. The lowest BCUT2D eigenvalue weighted by Gasteiger charge is -2.39. The number of aromatic nitrogens is 3. The molecule has 0 aliphatic carbocycles. The molecule has 3 heterocycles. The van der Waals surface area contributed by atoms with E-state index in [4.69, 9.17) is 16.3 Å². The molecule has 0 saturated heterocycles. The minimum Gasteiger partial charge on any atom is -0.480 e. The SMILES string of the molecule is Clc1ccc2c(c1)C1=C([C@H](c3ccc(Br)cc3)O2)[C@@H](c2ccc(Br)cc2)n2ncnc2N1. The van der Waals surface area contributed by atoms with Crippen LogP contribution in [0.25, 0.3) is 5.70 Å². The van der Waals surface area contributed by atoms with Crippen molar-refractivity contribution in [3.63, 3.8) is 0 Å². The number of ether oxygens (including phenoxy) is 1. The average molecular weight is 571 g/mol. The summed E-state index contributed by atoms with van der Waals surface area (Å²) in [6.07, 6.45) is 1.26. The van der Waals surface area contributed by atoms with Crippen LogP contribution in [0.4, 0.5) is 5.95 Å². The highest BCUT2D eigenvalue weighted by Gasteiger charge is 2.41. The Morgan fingerprint density at radius 3 is 2.31 bits per heavy atom. The van der Waals surface area contributed by atoms with Crippen molar-refractivity contribution in [2.24, 2.45) is 0 Å². The van der Waals surface area contributed by atoms with E-state index in [1.165, 1.54) is 0 Å². The maximum absolute atomic E-state index is 6.61. The highest BCUT2D eigenvalue weighted by Crippen LogP contribution is 2.51. The van der Waals surface area contributed by atoms with Crippen molar-refractivity contribution in [2.45, 2.75) is 12.1 Å². The largest absolute Gasteiger partial charge is 0.480 e. The number of hydrogen-bond donors (Lipinski definition) is 1. The molecule has 158 valence electrons. The van der Waals surface area contributed by atoms with Crippen LogP contribution in [0.15, 0.2) is 87.6 Å². The number of benzene rings is 3. The Kier molecular flexibility index (Phi) is 4.86. The van der Waals surface area contributed by atoms with E-state index in [2.05, 4.69) is 71.5 Å². The molecule has 1 aromatic heterocycles. The van der Waals surface area contributed by atoms with Crippen molar-refractivity contribution >= 4 is 55.1 Å². The van der Waals surface area contributed by atoms with Gasteiger partial charge in [-0.05, 0) is 53.6 Å². The zero-order valence-corrected chi connectivity index (χ0v) is 20.4. The summed E-state index contributed by atoms with van der Waals surface area (Å²) in [6.45, 7) is 0. The molecule has 3 aromatic carbocycles. The second kappa shape index (κ2) is 7.76. The van der Waals surface area contributed by atoms with Gasteiger partial charge in [-0.15, -0.1) is 0 Å². The van der Waals surface area contributed by atoms with Crippen molar-refractivity contribution in [3.8, 4) is 5.75 Å². The fourth-order valence-electron chi connectivity index (χ4n) is 4.32. The lowest BCUT2D eigenvalue weighted by molar-refractivity contribution is 0.223. The van der Waals surface area contributed by atoms with Gasteiger partial charge in [0.25, 0.3) is 0 Å². The third kappa shape index (κ3) is 3.27. The number of rotatable bonds is 2. The Labute approximate surface area is 206 Å². The molecule has 8 heteroatoms. The van der Waals surface area contributed by atoms with E-state index in [0.29, 0.717) is 11.0 Å². The zero-order chi connectivity index (χ0) is 21.8. The van der Waals surface area contributed by atoms with Crippen LogP contribution in [0, 0.1) is 0 Å². The number of anilines is 1. The summed E-state index contributed by atoms with van der Waals surface area (Å²) in [5.74, 6) is 1.45. The molecule has 6 rings (SSSR count). The second-order valence-corrected chi connectivity index (χ2v) is 9.90. The van der Waals surface area contributed by atoms with E-state index in [-0.39, 0.29) is 12.1 Å². The Bertz CT molecular complexity index is 1370. The maximum Gasteiger partial charge on any atom is 0.226 e. The molecule has 0 spiro atoms. The first kappa shape index (κ1) is 20.0. The van der Waals surface area contributed by atoms with Crippen LogP contribution in [-0.2, 0) is 0 Å². The molecular weight excluding hydrogens is 556 g/mol. The van der Waals surface area contributed by atoms with Gasteiger partial charge in [-0.1, -0.05) is 67.7 Å². The first-order valence-electron chi connectivity index (χ1n) is 9.96. The summed E-state index contributed by atoms with van der Waals surface area (Å²) in [5, 5.41) is 8.70. The molecule has 2 aliphatic rings. The van der Waals surface area contributed by atoms with Gasteiger partial charge in [-0.3, -0.25) is 0 Å². The summed E-state index contributed by atoms with van der Waals surface area (Å²) in [5.41, 5.74) is 5.06. The normalized spacial score (nSPS) is 18.8. The first-order valence-corrected chi connectivity index (χ1v) is 11.9. The van der Waals surface area contributed by atoms with Crippen LogP contribution in [0.1, 0.15) is 28.8 Å². The summed E-state index contributed by atoms with van der Waals surface area (Å²) in [7, 11) is 0. The Hall–Kier alpha value is -2.61. The number of fused-ring (bicyclic) bond motifs is 3. The summed E-state index contributed by atoms with van der Waals surface area (Å²) >= 11 is 13.5. The van der Waals surface area contributed by atoms with E-state index >= 15 is 0 Å². The van der Waals surface area contributed by atoms with Crippen LogP contribution in [0.5, 0.6) is 5.75 Å². The topological polar surface area (TPSA) is 52.0 Å². The van der Waals surface area contributed by atoms with Gasteiger partial charge in [0.15, 0.2) is 0 Å². The molecule has 0 radical (unpaired) electrons. The van der Waals surface area contributed by atoms with E-state index in [0.717, 1.165) is 42.7 Å². The van der Waals surface area contributed by atoms with Gasteiger partial charge in [-0.25, -0.2) is 4.68 Å². The number of hydrogen-bond acceptors (Lipinski definition) is 4. The number of halogens is 3. The lowest BCUT2D eigenvalue weighted by Crippen LogP contribution is -2.32. The molecule has 0 unspecified atom stereocenters. The average Bonchev–Trinajstić information content (AvgIpc) is 3.27. The lowest BCUT2D eigenvalue weighted by atomic mass is 9.84. The molecule has 1 N–H and O–H groups in total. The molecule has 32 heavy (non-hydrogen) atoms. The van der Waals surface area contributed by atoms with E-state index < -0.39 is 0 Å². The van der Waals surface area contributed by atoms with Crippen LogP contribution in [-0.4, -0.2) is 14.8 Å². The monoisotopic (exact) mass is 568 g/mol. The summed E-state index contributed by atoms with van der Waals surface area (Å²) in [4.78, 5) is 4.46. The van der Waals surface area contributed by atoms with Crippen LogP contribution < -0.4 is 10.1 Å². The third-order valence-corrected chi connectivity index (χ3v) is 7.03. The van der Waals surface area contributed by atoms with Gasteiger partial charge in [0.05, 0.1) is 5.70 Å². The van der Waals surface area contributed by atoms with Gasteiger partial charge >= 0.3 is 0 Å². The molecule has 0 amide bonds. The summed E-state index contributed by atoms with van der Waals surface area (Å²) in [6, 6.07) is 22.0. The Balaban J connectivity index is 1.63. The third-order valence-electron chi connectivity index (χ3n) is 5.73. The van der Waals surface area contributed by atoms with Crippen molar-refractivity contribution in [3.05, 3.63) is 109 Å². The zero-order valence-electron chi connectivity index (χ0n) is 16.5. The predicted molar refractivity (Wildman–Crippen MR) is 132 cm³/mol. The minimum atomic E-state index is -0.315. The van der Waals surface area contributed by atoms with Gasteiger partial charge < -0.3 is 10.1 Å². The van der Waals surface area contributed by atoms with Gasteiger partial charge in [-0.2, -0.15) is 10.1 Å². The molecule has 2 aliphatic heterocycles. The predicted octanol–water partition coefficient (Wildman–Crippen LogP) is 7.02. The smallest absolute Gasteiger partial charge is 0.226 e. The molecule has 0 saturated carbocycles. The first-order chi connectivity index (χ1) is 15.6. The number of nitrogens with zero attached hydrogens (tertiary/aromatic N) is 3. The molecule has 0 bridgehead atoms. The molecule has 0 fully saturated rings. The quantitative estimate of drug-likeness (QED) is 0.282. The Morgan fingerprint density at radius 1 is 0.906 bits per heavy atom. The second-order valence-electron chi connectivity index (χ2n) is 7.63. The summed E-state index contributed by atoms with van der Waals surface area (Å²) < 4.78 is 10.6. The van der Waals surface area contributed by atoms with Crippen LogP contribution in [0.3, 0.4) is 0 Å². The van der Waals surface area contributed by atoms with Crippen molar-refractivity contribution < 1.29 is 4.74 Å². The molecule has 4 aromatic rings. The standard InChI is InChI=1S/C24H15Br2ClN4O/c25-15-5-1-13(2-6-15)22-20-21(30-24-28-12-29-31(22)24)18-11-17(27)9-10-19(18)32-23(20)14-3-7-16(26)8-4-14/h1-12,22-23H,(H,28,29,30)/t22-,23+/m1/s1. The minimum absolute atomic E-state index is 0.197. The molecule has 5 nitrogen and oxygen atoms in total. The highest BCUT2D eigenvalue weighted by atomic mass is 79.9. The van der Waals surface area contributed by atoms with Crippen LogP contribution in [0.2, 0.25) is 5.02 Å². The highest BCUT2D eigenvalue weighted by molar-refractivity contribution is 9.10. The van der Waals surface area contributed by atoms with Crippen molar-refractivity contribution in [2.75, 3.05) is 5.32 Å². The maximum atomic E-state index is 6.61. The van der Waals surface area contributed by atoms with Crippen LogP contribution >= 0.6 is 43.5 Å². The van der Waals surface area contributed by atoms with E-state index in [9.17, 15) is 0 Å². The van der Waals surface area contributed by atoms with E-state index in [1.807, 2.05) is 47.1 Å². The fourth-order valence-corrected chi connectivity index (χ4v) is 5.02. The van der Waals surface area contributed by atoms with Gasteiger partial charge in [0.2, 0.25) is 5.95 Å². The van der Waals surface area contributed by atoms with Gasteiger partial charge in [0, 0.05) is 25.1 Å². The molecule has 2 atom stereocenters. The Morgan fingerprint density at radius 2 is 1.59 bits per heavy atom.